The Balaban J connectivity index is 1.80. The molecule has 0 bridgehead atoms. The Morgan fingerprint density at radius 2 is 2.00 bits per heavy atom. The third-order valence-electron chi connectivity index (χ3n) is 4.29. The summed E-state index contributed by atoms with van der Waals surface area (Å²) in [6.07, 6.45) is 1.31. The highest BCUT2D eigenvalue weighted by molar-refractivity contribution is 5.75. The lowest BCUT2D eigenvalue weighted by atomic mass is 10.00. The van der Waals surface area contributed by atoms with Crippen LogP contribution in [0.15, 0.2) is 24.3 Å². The van der Waals surface area contributed by atoms with Gasteiger partial charge in [0.15, 0.2) is 0 Å². The molecule has 1 aromatic rings. The lowest BCUT2D eigenvalue weighted by Gasteiger charge is -2.09. The number of carboxylic acid groups (broad SMARTS) is 1. The van der Waals surface area contributed by atoms with Gasteiger partial charge in [0.1, 0.15) is 0 Å². The van der Waals surface area contributed by atoms with Crippen molar-refractivity contribution >= 4 is 5.97 Å². The largest absolute Gasteiger partial charge is 0.481 e. The van der Waals surface area contributed by atoms with Crippen molar-refractivity contribution in [2.75, 3.05) is 6.54 Å². The number of aliphatic carboxylic acids is 1. The van der Waals surface area contributed by atoms with E-state index < -0.39 is 11.9 Å². The number of nitrogens with one attached hydrogen (secondary N) is 1. The second-order valence-electron chi connectivity index (χ2n) is 6.32. The van der Waals surface area contributed by atoms with Crippen LogP contribution in [0.1, 0.15) is 44.2 Å². The van der Waals surface area contributed by atoms with Gasteiger partial charge in [-0.25, -0.2) is 0 Å². The Morgan fingerprint density at radius 3 is 2.47 bits per heavy atom. The van der Waals surface area contributed by atoms with Crippen LogP contribution >= 0.6 is 0 Å². The Hall–Kier alpha value is -1.35. The van der Waals surface area contributed by atoms with Crippen LogP contribution < -0.4 is 5.32 Å². The van der Waals surface area contributed by atoms with Crippen LogP contribution in [-0.2, 0) is 11.3 Å². The molecule has 0 radical (unpaired) electrons. The molecule has 104 valence electrons. The Morgan fingerprint density at radius 1 is 1.42 bits per heavy atom. The van der Waals surface area contributed by atoms with Gasteiger partial charge in [0, 0.05) is 6.54 Å². The molecule has 1 aliphatic carbocycles. The SMILES string of the molecule is CC(C(=O)O)c1ccc(CNCC2CC2(C)C)cc1. The van der Waals surface area contributed by atoms with Crippen molar-refractivity contribution < 1.29 is 9.90 Å². The quantitative estimate of drug-likeness (QED) is 0.827. The monoisotopic (exact) mass is 261 g/mol. The number of rotatable bonds is 6. The van der Waals surface area contributed by atoms with E-state index in [1.54, 1.807) is 6.92 Å². The molecule has 1 aromatic carbocycles. The van der Waals surface area contributed by atoms with Gasteiger partial charge in [-0.2, -0.15) is 0 Å². The molecule has 0 aromatic heterocycles. The molecule has 0 saturated heterocycles. The molecule has 0 aliphatic heterocycles. The van der Waals surface area contributed by atoms with Crippen molar-refractivity contribution in [2.45, 2.75) is 39.7 Å². The van der Waals surface area contributed by atoms with E-state index in [2.05, 4.69) is 19.2 Å². The van der Waals surface area contributed by atoms with Crippen molar-refractivity contribution in [3.8, 4) is 0 Å². The highest BCUT2D eigenvalue weighted by atomic mass is 16.4. The summed E-state index contributed by atoms with van der Waals surface area (Å²) in [6.45, 7) is 8.25. The fourth-order valence-corrected chi connectivity index (χ4v) is 2.38. The van der Waals surface area contributed by atoms with E-state index in [0.717, 1.165) is 24.6 Å². The van der Waals surface area contributed by atoms with Crippen molar-refractivity contribution in [2.24, 2.45) is 11.3 Å². The van der Waals surface area contributed by atoms with Crippen molar-refractivity contribution in [1.29, 1.82) is 0 Å². The summed E-state index contributed by atoms with van der Waals surface area (Å²) in [7, 11) is 0. The van der Waals surface area contributed by atoms with Gasteiger partial charge in [0.25, 0.3) is 0 Å². The normalized spacial score (nSPS) is 21.9. The molecule has 0 amide bonds. The number of carboxylic acids is 1. The summed E-state index contributed by atoms with van der Waals surface area (Å²) >= 11 is 0. The van der Waals surface area contributed by atoms with Gasteiger partial charge in [-0.3, -0.25) is 4.79 Å². The first-order valence-corrected chi connectivity index (χ1v) is 6.92. The molecule has 0 spiro atoms. The van der Waals surface area contributed by atoms with Gasteiger partial charge in [-0.15, -0.1) is 0 Å². The van der Waals surface area contributed by atoms with E-state index in [0.29, 0.717) is 5.41 Å². The maximum absolute atomic E-state index is 10.9. The standard InChI is InChI=1S/C16H23NO2/c1-11(15(18)19)13-6-4-12(5-7-13)9-17-10-14-8-16(14,2)3/h4-7,11,14,17H,8-10H2,1-3H3,(H,18,19). The number of carbonyl (C=O) groups is 1. The van der Waals surface area contributed by atoms with E-state index in [1.165, 1.54) is 12.0 Å². The van der Waals surface area contributed by atoms with E-state index in [-0.39, 0.29) is 0 Å². The van der Waals surface area contributed by atoms with Crippen LogP contribution in [0.3, 0.4) is 0 Å². The molecule has 1 aliphatic rings. The maximum atomic E-state index is 10.9. The number of hydrogen-bond donors (Lipinski definition) is 2. The highest BCUT2D eigenvalue weighted by Gasteiger charge is 2.44. The molecule has 2 rings (SSSR count). The summed E-state index contributed by atoms with van der Waals surface area (Å²) in [5.74, 6) is -0.407. The first kappa shape index (κ1) is 14.1. The van der Waals surface area contributed by atoms with Crippen LogP contribution in [0.2, 0.25) is 0 Å². The molecule has 1 fully saturated rings. The Kier molecular flexibility index (Phi) is 3.95. The third-order valence-corrected chi connectivity index (χ3v) is 4.29. The minimum atomic E-state index is -0.776. The molecule has 2 atom stereocenters. The van der Waals surface area contributed by atoms with Gasteiger partial charge in [0.05, 0.1) is 5.92 Å². The van der Waals surface area contributed by atoms with E-state index in [4.69, 9.17) is 5.11 Å². The van der Waals surface area contributed by atoms with Gasteiger partial charge < -0.3 is 10.4 Å². The average Bonchev–Trinajstić information content (AvgIpc) is 2.97. The second-order valence-corrected chi connectivity index (χ2v) is 6.32. The van der Waals surface area contributed by atoms with Gasteiger partial charge >= 0.3 is 5.97 Å². The lowest BCUT2D eigenvalue weighted by Crippen LogP contribution is -2.18. The summed E-state index contributed by atoms with van der Waals surface area (Å²) in [4.78, 5) is 10.9. The van der Waals surface area contributed by atoms with Crippen LogP contribution in [0, 0.1) is 11.3 Å². The zero-order valence-electron chi connectivity index (χ0n) is 11.9. The average molecular weight is 261 g/mol. The zero-order valence-corrected chi connectivity index (χ0v) is 11.9. The van der Waals surface area contributed by atoms with E-state index >= 15 is 0 Å². The van der Waals surface area contributed by atoms with Gasteiger partial charge in [0.2, 0.25) is 0 Å². The third kappa shape index (κ3) is 3.57. The minimum Gasteiger partial charge on any atom is -0.481 e. The first-order valence-electron chi connectivity index (χ1n) is 6.92. The fourth-order valence-electron chi connectivity index (χ4n) is 2.38. The Bertz CT molecular complexity index is 450. The molecule has 1 saturated carbocycles. The minimum absolute atomic E-state index is 0.436. The van der Waals surface area contributed by atoms with Crippen LogP contribution in [0.5, 0.6) is 0 Å². The molecule has 2 unspecified atom stereocenters. The van der Waals surface area contributed by atoms with Crippen LogP contribution in [0.25, 0.3) is 0 Å². The van der Waals surface area contributed by atoms with E-state index in [1.807, 2.05) is 24.3 Å². The van der Waals surface area contributed by atoms with Crippen LogP contribution in [-0.4, -0.2) is 17.6 Å². The number of hydrogen-bond acceptors (Lipinski definition) is 2. The highest BCUT2D eigenvalue weighted by Crippen LogP contribution is 2.50. The number of benzene rings is 1. The molecule has 19 heavy (non-hydrogen) atoms. The smallest absolute Gasteiger partial charge is 0.310 e. The van der Waals surface area contributed by atoms with Crippen molar-refractivity contribution in [3.63, 3.8) is 0 Å². The topological polar surface area (TPSA) is 49.3 Å². The molecule has 0 heterocycles. The van der Waals surface area contributed by atoms with Crippen molar-refractivity contribution in [1.82, 2.24) is 5.32 Å². The predicted octanol–water partition coefficient (Wildman–Crippen LogP) is 3.01. The predicted molar refractivity (Wildman–Crippen MR) is 76.1 cm³/mol. The van der Waals surface area contributed by atoms with Gasteiger partial charge in [-0.05, 0) is 42.3 Å². The summed E-state index contributed by atoms with van der Waals surface area (Å²) in [5.41, 5.74) is 2.59. The maximum Gasteiger partial charge on any atom is 0.310 e. The second kappa shape index (κ2) is 5.33. The fraction of sp³-hybridized carbons (Fsp3) is 0.562. The zero-order chi connectivity index (χ0) is 14.0. The molecule has 3 nitrogen and oxygen atoms in total. The van der Waals surface area contributed by atoms with Crippen LogP contribution in [0.4, 0.5) is 0 Å². The molecule has 3 heteroatoms. The molecule has 2 N–H and O–H groups in total. The summed E-state index contributed by atoms with van der Waals surface area (Å²) < 4.78 is 0. The van der Waals surface area contributed by atoms with Gasteiger partial charge in [-0.1, -0.05) is 38.1 Å². The molecular weight excluding hydrogens is 238 g/mol. The Labute approximate surface area is 115 Å². The van der Waals surface area contributed by atoms with Crippen molar-refractivity contribution in [3.05, 3.63) is 35.4 Å². The summed E-state index contributed by atoms with van der Waals surface area (Å²) in [6, 6.07) is 7.85. The van der Waals surface area contributed by atoms with E-state index in [9.17, 15) is 4.79 Å². The summed E-state index contributed by atoms with van der Waals surface area (Å²) in [5, 5.41) is 12.4. The lowest BCUT2D eigenvalue weighted by molar-refractivity contribution is -0.138. The molecular formula is C16H23NO2. The first-order chi connectivity index (χ1) is 8.90.